The summed E-state index contributed by atoms with van der Waals surface area (Å²) in [6.07, 6.45) is 9.08. The zero-order chi connectivity index (χ0) is 28.9. The number of likely N-dealkylation sites (tertiary alicyclic amines) is 1. The molecule has 0 amide bonds. The molecule has 7 nitrogen and oxygen atoms in total. The summed E-state index contributed by atoms with van der Waals surface area (Å²) in [7, 11) is -3.36. The number of rotatable bonds is 7. The van der Waals surface area contributed by atoms with Crippen LogP contribution in [0, 0.1) is 12.3 Å². The van der Waals surface area contributed by atoms with Crippen LogP contribution in [0.1, 0.15) is 115 Å². The van der Waals surface area contributed by atoms with Gasteiger partial charge in [0.2, 0.25) is 5.95 Å². The molecule has 1 spiro atoms. The Kier molecular flexibility index (Phi) is 8.10. The van der Waals surface area contributed by atoms with Crippen LogP contribution >= 0.6 is 0 Å². The summed E-state index contributed by atoms with van der Waals surface area (Å²) < 4.78 is 27.1. The van der Waals surface area contributed by atoms with Gasteiger partial charge in [-0.05, 0) is 133 Å². The van der Waals surface area contributed by atoms with Crippen molar-refractivity contribution in [2.45, 2.75) is 127 Å². The molecule has 2 aliphatic carbocycles. The molecule has 1 aromatic carbocycles. The number of aromatic nitrogens is 2. The van der Waals surface area contributed by atoms with Gasteiger partial charge in [0, 0.05) is 23.8 Å². The Morgan fingerprint density at radius 3 is 2.27 bits per heavy atom. The van der Waals surface area contributed by atoms with Crippen LogP contribution in [-0.4, -0.2) is 58.4 Å². The zero-order valence-electron chi connectivity index (χ0n) is 25.2. The highest BCUT2D eigenvalue weighted by molar-refractivity contribution is 7.92. The number of anilines is 2. The summed E-state index contributed by atoms with van der Waals surface area (Å²) >= 11 is 0. The molecule has 0 atom stereocenters. The van der Waals surface area contributed by atoms with E-state index in [9.17, 15) is 13.5 Å². The molecule has 2 N–H and O–H groups in total. The lowest BCUT2D eigenvalue weighted by molar-refractivity contribution is 0.0167. The third-order valence-corrected chi connectivity index (χ3v) is 12.2. The molecule has 8 heteroatoms. The Morgan fingerprint density at radius 2 is 1.70 bits per heavy atom. The summed E-state index contributed by atoms with van der Waals surface area (Å²) in [5.74, 6) is 1.15. The SMILES string of the molecule is Cc1cc(S(=O)(=O)C2CC3(CCN(C(C)C)CC3)C2)ccc1Nc1ncc(C(C)C)c(C2CCC(C)(O)CC2)n1. The fraction of sp³-hybridized carbons (Fsp3) is 0.688. The van der Waals surface area contributed by atoms with E-state index in [4.69, 9.17) is 4.98 Å². The highest BCUT2D eigenvalue weighted by atomic mass is 32.2. The molecule has 0 unspecified atom stereocenters. The first-order valence-electron chi connectivity index (χ1n) is 15.2. The number of benzene rings is 1. The number of piperidine rings is 1. The number of hydrogen-bond donors (Lipinski definition) is 2. The van der Waals surface area contributed by atoms with E-state index in [-0.39, 0.29) is 10.7 Å². The van der Waals surface area contributed by atoms with Gasteiger partial charge < -0.3 is 15.3 Å². The van der Waals surface area contributed by atoms with Gasteiger partial charge in [-0.25, -0.2) is 18.4 Å². The summed E-state index contributed by atoms with van der Waals surface area (Å²) in [5.41, 5.74) is 3.53. The van der Waals surface area contributed by atoms with E-state index in [0.29, 0.717) is 28.7 Å². The third kappa shape index (κ3) is 5.95. The Bertz CT molecular complexity index is 1310. The third-order valence-electron chi connectivity index (χ3n) is 10.0. The number of nitrogens with zero attached hydrogens (tertiary/aromatic N) is 3. The molecular weight excluding hydrogens is 520 g/mol. The quantitative estimate of drug-likeness (QED) is 0.394. The van der Waals surface area contributed by atoms with Crippen LogP contribution in [0.3, 0.4) is 0 Å². The number of aliphatic hydroxyl groups is 1. The van der Waals surface area contributed by atoms with E-state index < -0.39 is 15.4 Å². The molecule has 220 valence electrons. The lowest BCUT2D eigenvalue weighted by Crippen LogP contribution is -2.52. The van der Waals surface area contributed by atoms with E-state index in [1.807, 2.05) is 26.1 Å². The molecule has 1 saturated heterocycles. The first-order valence-corrected chi connectivity index (χ1v) is 16.8. The first kappa shape index (κ1) is 29.5. The maximum atomic E-state index is 13.5. The van der Waals surface area contributed by atoms with E-state index >= 15 is 0 Å². The van der Waals surface area contributed by atoms with Crippen molar-refractivity contribution in [2.24, 2.45) is 5.41 Å². The normalized spacial score (nSPS) is 25.9. The first-order chi connectivity index (χ1) is 18.8. The van der Waals surface area contributed by atoms with Crippen LogP contribution in [0.25, 0.3) is 0 Å². The summed E-state index contributed by atoms with van der Waals surface area (Å²) in [5, 5.41) is 13.5. The zero-order valence-corrected chi connectivity index (χ0v) is 26.0. The number of nitrogens with one attached hydrogen (secondary N) is 1. The largest absolute Gasteiger partial charge is 0.390 e. The second kappa shape index (κ2) is 11.0. The fourth-order valence-electron chi connectivity index (χ4n) is 7.06. The number of aryl methyl sites for hydroxylation is 1. The van der Waals surface area contributed by atoms with Crippen molar-refractivity contribution < 1.29 is 13.5 Å². The molecular formula is C32H48N4O3S. The number of hydrogen-bond acceptors (Lipinski definition) is 7. The predicted molar refractivity (Wildman–Crippen MR) is 161 cm³/mol. The molecule has 3 fully saturated rings. The minimum Gasteiger partial charge on any atom is -0.390 e. The van der Waals surface area contributed by atoms with Crippen molar-refractivity contribution in [3.05, 3.63) is 41.2 Å². The monoisotopic (exact) mass is 568 g/mol. The van der Waals surface area contributed by atoms with Crippen LogP contribution in [-0.2, 0) is 9.84 Å². The van der Waals surface area contributed by atoms with Gasteiger partial charge in [-0.1, -0.05) is 13.8 Å². The molecule has 0 radical (unpaired) electrons. The lowest BCUT2D eigenvalue weighted by atomic mass is 9.63. The van der Waals surface area contributed by atoms with E-state index in [0.717, 1.165) is 87.0 Å². The van der Waals surface area contributed by atoms with Crippen molar-refractivity contribution >= 4 is 21.5 Å². The molecule has 0 bridgehead atoms. The Morgan fingerprint density at radius 1 is 1.05 bits per heavy atom. The van der Waals surface area contributed by atoms with Crippen molar-refractivity contribution in [3.63, 3.8) is 0 Å². The van der Waals surface area contributed by atoms with Gasteiger partial charge in [0.25, 0.3) is 0 Å². The van der Waals surface area contributed by atoms with E-state index in [1.165, 1.54) is 0 Å². The minimum absolute atomic E-state index is 0.213. The summed E-state index contributed by atoms with van der Waals surface area (Å²) in [6, 6.07) is 5.96. The van der Waals surface area contributed by atoms with Crippen molar-refractivity contribution in [2.75, 3.05) is 18.4 Å². The van der Waals surface area contributed by atoms with Gasteiger partial charge in [0.1, 0.15) is 0 Å². The van der Waals surface area contributed by atoms with Crippen LogP contribution in [0.2, 0.25) is 0 Å². The van der Waals surface area contributed by atoms with Crippen molar-refractivity contribution in [3.8, 4) is 0 Å². The average Bonchev–Trinajstić information content (AvgIpc) is 2.88. The summed E-state index contributed by atoms with van der Waals surface area (Å²) in [4.78, 5) is 12.5. The van der Waals surface area contributed by atoms with E-state index in [2.05, 4.69) is 42.9 Å². The second-order valence-corrected chi connectivity index (χ2v) is 16.0. The molecule has 2 heterocycles. The Labute approximate surface area is 241 Å². The van der Waals surface area contributed by atoms with Crippen LogP contribution in [0.15, 0.2) is 29.3 Å². The van der Waals surface area contributed by atoms with Gasteiger partial charge in [0.15, 0.2) is 9.84 Å². The lowest BCUT2D eigenvalue weighted by Gasteiger charge is -2.52. The van der Waals surface area contributed by atoms with Crippen molar-refractivity contribution in [1.82, 2.24) is 14.9 Å². The van der Waals surface area contributed by atoms with Gasteiger partial charge in [-0.15, -0.1) is 0 Å². The Balaban J connectivity index is 1.28. The number of sulfone groups is 1. The smallest absolute Gasteiger partial charge is 0.227 e. The highest BCUT2D eigenvalue weighted by Crippen LogP contribution is 2.53. The molecule has 1 aromatic heterocycles. The minimum atomic E-state index is -3.36. The maximum absolute atomic E-state index is 13.5. The predicted octanol–water partition coefficient (Wildman–Crippen LogP) is 6.49. The highest BCUT2D eigenvalue weighted by Gasteiger charge is 2.51. The average molecular weight is 569 g/mol. The molecule has 2 saturated carbocycles. The summed E-state index contributed by atoms with van der Waals surface area (Å²) in [6.45, 7) is 14.8. The van der Waals surface area contributed by atoms with Gasteiger partial charge in [-0.2, -0.15) is 0 Å². The van der Waals surface area contributed by atoms with Crippen LogP contribution in [0.5, 0.6) is 0 Å². The van der Waals surface area contributed by atoms with Crippen molar-refractivity contribution in [1.29, 1.82) is 0 Å². The molecule has 2 aromatic rings. The molecule has 40 heavy (non-hydrogen) atoms. The Hall–Kier alpha value is -2.03. The molecule has 5 rings (SSSR count). The maximum Gasteiger partial charge on any atom is 0.227 e. The van der Waals surface area contributed by atoms with Gasteiger partial charge >= 0.3 is 0 Å². The van der Waals surface area contributed by atoms with Crippen LogP contribution in [0.4, 0.5) is 11.6 Å². The molecule has 3 aliphatic rings. The molecule has 1 aliphatic heterocycles. The van der Waals surface area contributed by atoms with E-state index in [1.54, 1.807) is 12.1 Å². The van der Waals surface area contributed by atoms with Gasteiger partial charge in [-0.3, -0.25) is 0 Å². The fourth-order valence-corrected chi connectivity index (χ4v) is 9.19. The standard InChI is InChI=1S/C32H48N4O3S/c1-21(2)27-20-33-30(35-29(27)24-9-11-31(6,37)12-10-24)34-28-8-7-25(17-23(28)5)40(38,39)26-18-32(19-26)13-15-36(16-14-32)22(3)4/h7-8,17,20-22,24,26,37H,9-16,18-19H2,1-6H3,(H,33,34,35). The van der Waals surface area contributed by atoms with Crippen LogP contribution < -0.4 is 5.32 Å². The topological polar surface area (TPSA) is 95.4 Å². The van der Waals surface area contributed by atoms with Gasteiger partial charge in [0.05, 0.1) is 21.4 Å². The second-order valence-electron chi connectivity index (χ2n) is 13.8.